The van der Waals surface area contributed by atoms with Crippen LogP contribution in [0.5, 0.6) is 6.01 Å². The van der Waals surface area contributed by atoms with Gasteiger partial charge >= 0.3 is 24.3 Å². The molecule has 1 saturated carbocycles. The Balaban J connectivity index is 0.961. The van der Waals surface area contributed by atoms with Gasteiger partial charge in [0.15, 0.2) is 10.9 Å². The first-order valence-corrected chi connectivity index (χ1v) is 23.1. The topological polar surface area (TPSA) is 165 Å². The molecule has 9 rings (SSSR count). The molecule has 6 heterocycles. The number of aromatic nitrogens is 4. The van der Waals surface area contributed by atoms with Gasteiger partial charge in [-0.2, -0.15) is 9.97 Å². The van der Waals surface area contributed by atoms with Gasteiger partial charge in [-0.25, -0.2) is 23.8 Å². The molecule has 3 amide bonds. The number of nitrogens with zero attached hydrogens (tertiary/aromatic N) is 8. The van der Waals surface area contributed by atoms with E-state index in [0.717, 1.165) is 42.5 Å². The van der Waals surface area contributed by atoms with E-state index < -0.39 is 23.1 Å². The van der Waals surface area contributed by atoms with Gasteiger partial charge in [-0.3, -0.25) is 20.1 Å². The van der Waals surface area contributed by atoms with E-state index in [1.807, 2.05) is 62.1 Å². The molecule has 4 fully saturated rings. The maximum Gasteiger partial charge on any atom is 0.413 e. The highest BCUT2D eigenvalue weighted by Crippen LogP contribution is 2.47. The van der Waals surface area contributed by atoms with Gasteiger partial charge in [-0.1, -0.05) is 53.8 Å². The minimum absolute atomic E-state index is 0.0457. The molecule has 1 aliphatic carbocycles. The van der Waals surface area contributed by atoms with Crippen molar-refractivity contribution in [2.45, 2.75) is 97.1 Å². The van der Waals surface area contributed by atoms with Crippen molar-refractivity contribution < 1.29 is 37.7 Å². The number of para-hydroxylation sites is 1. The van der Waals surface area contributed by atoms with E-state index in [9.17, 15) is 14.4 Å². The van der Waals surface area contributed by atoms with Crippen LogP contribution in [0.1, 0.15) is 72.8 Å². The molecule has 16 nitrogen and oxygen atoms in total. The van der Waals surface area contributed by atoms with Crippen LogP contribution in [0.25, 0.3) is 32.4 Å². The third-order valence-electron chi connectivity index (χ3n) is 12.2. The zero-order valence-electron chi connectivity index (χ0n) is 37.8. The molecule has 2 bridgehead atoms. The summed E-state index contributed by atoms with van der Waals surface area (Å²) in [4.78, 5) is 65.9. The molecule has 344 valence electrons. The lowest BCUT2D eigenvalue weighted by molar-refractivity contribution is 0.0122. The number of anilines is 2. The van der Waals surface area contributed by atoms with Gasteiger partial charge in [0.05, 0.1) is 34.3 Å². The van der Waals surface area contributed by atoms with Gasteiger partial charge < -0.3 is 28.7 Å². The number of halogens is 1. The van der Waals surface area contributed by atoms with Crippen LogP contribution < -0.4 is 15.0 Å². The minimum atomic E-state index is -0.699. The Morgan fingerprint density at radius 1 is 0.846 bits per heavy atom. The standard InChI is InChI=1S/C47H56FN9O7S/c1-45(2,3)63-42(58)53-41-51-36-32(13-10-14-34(36)65-41)37-35(48)38-33(23-49-37)39(56-24-30-15-16-31(25-56)57(30)44(60)64-46(4,5)6)52-40(50-38)62-28-47(17-18-47)27-54-19-21-55(22-20-54)43(59)61-26-29-11-8-7-9-12-29/h7-14,23,30-31H,15-22,24-28H2,1-6H3,(H,51,53,58). The van der Waals surface area contributed by atoms with Crippen molar-refractivity contribution in [3.63, 3.8) is 0 Å². The van der Waals surface area contributed by atoms with Crippen molar-refractivity contribution in [1.82, 2.24) is 34.6 Å². The normalized spacial score (nSPS) is 19.6. The van der Waals surface area contributed by atoms with Crippen molar-refractivity contribution in [3.8, 4) is 17.3 Å². The fourth-order valence-corrected chi connectivity index (χ4v) is 9.78. The predicted molar refractivity (Wildman–Crippen MR) is 245 cm³/mol. The molecule has 3 aromatic heterocycles. The van der Waals surface area contributed by atoms with Gasteiger partial charge in [-0.15, -0.1) is 0 Å². The van der Waals surface area contributed by atoms with E-state index in [2.05, 4.69) is 25.1 Å². The number of carbonyl (C=O) groups excluding carboxylic acids is 3. The average Bonchev–Trinajstić information content (AvgIpc) is 3.80. The second kappa shape index (κ2) is 17.5. The lowest BCUT2D eigenvalue weighted by atomic mass is 10.1. The van der Waals surface area contributed by atoms with Crippen LogP contribution in [0.3, 0.4) is 0 Å². The lowest BCUT2D eigenvalue weighted by Crippen LogP contribution is -2.57. The molecule has 2 unspecified atom stereocenters. The molecule has 18 heteroatoms. The van der Waals surface area contributed by atoms with E-state index in [0.29, 0.717) is 73.3 Å². The molecule has 0 radical (unpaired) electrons. The molecule has 2 atom stereocenters. The van der Waals surface area contributed by atoms with E-state index in [1.165, 1.54) is 11.3 Å². The van der Waals surface area contributed by atoms with Crippen LogP contribution in [0, 0.1) is 11.2 Å². The van der Waals surface area contributed by atoms with Crippen molar-refractivity contribution in [2.24, 2.45) is 5.41 Å². The fourth-order valence-electron chi connectivity index (χ4n) is 8.90. The number of thiazole rings is 1. The number of rotatable bonds is 10. The molecule has 4 aliphatic rings. The summed E-state index contributed by atoms with van der Waals surface area (Å²) in [6.45, 7) is 15.8. The summed E-state index contributed by atoms with van der Waals surface area (Å²) < 4.78 is 41.3. The van der Waals surface area contributed by atoms with Crippen LogP contribution in [0.2, 0.25) is 0 Å². The molecular formula is C47H56FN9O7S. The van der Waals surface area contributed by atoms with E-state index in [1.54, 1.807) is 44.0 Å². The molecule has 2 aromatic carbocycles. The molecular weight excluding hydrogens is 854 g/mol. The summed E-state index contributed by atoms with van der Waals surface area (Å²) in [5.74, 6) is -0.172. The Morgan fingerprint density at radius 2 is 1.55 bits per heavy atom. The summed E-state index contributed by atoms with van der Waals surface area (Å²) in [6, 6.07) is 14.8. The minimum Gasteiger partial charge on any atom is -0.463 e. The summed E-state index contributed by atoms with van der Waals surface area (Å²) in [6.07, 6.45) is 3.82. The maximum absolute atomic E-state index is 17.3. The third-order valence-corrected chi connectivity index (χ3v) is 13.1. The summed E-state index contributed by atoms with van der Waals surface area (Å²) in [7, 11) is 0. The third kappa shape index (κ3) is 10.0. The van der Waals surface area contributed by atoms with Gasteiger partial charge in [0, 0.05) is 63.0 Å². The van der Waals surface area contributed by atoms with Crippen LogP contribution >= 0.6 is 11.3 Å². The summed E-state index contributed by atoms with van der Waals surface area (Å²) in [5.41, 5.74) is 0.477. The van der Waals surface area contributed by atoms with Crippen LogP contribution in [-0.4, -0.2) is 129 Å². The highest BCUT2D eigenvalue weighted by molar-refractivity contribution is 7.22. The van der Waals surface area contributed by atoms with Crippen LogP contribution in [-0.2, 0) is 20.8 Å². The quantitative estimate of drug-likeness (QED) is 0.133. The highest BCUT2D eigenvalue weighted by atomic mass is 32.1. The van der Waals surface area contributed by atoms with E-state index >= 15 is 4.39 Å². The average molecular weight is 910 g/mol. The van der Waals surface area contributed by atoms with Crippen molar-refractivity contribution in [2.75, 3.05) is 62.6 Å². The number of piperazine rings is 2. The second-order valence-corrected chi connectivity index (χ2v) is 20.6. The number of hydrogen-bond donors (Lipinski definition) is 1. The molecule has 1 N–H and O–H groups in total. The second-order valence-electron chi connectivity index (χ2n) is 19.6. The monoisotopic (exact) mass is 909 g/mol. The SMILES string of the molecule is CC(C)(C)OC(=O)Nc1nc2c(-c3ncc4c(N5CC6CCC(C5)N6C(=O)OC(C)(C)C)nc(OCC5(CN6CCN(C(=O)OCc7ccccc7)CC6)CC5)nc4c3F)cccc2s1. The summed E-state index contributed by atoms with van der Waals surface area (Å²) >= 11 is 1.25. The lowest BCUT2D eigenvalue weighted by Gasteiger charge is -2.42. The Morgan fingerprint density at radius 3 is 2.23 bits per heavy atom. The van der Waals surface area contributed by atoms with E-state index in [4.69, 9.17) is 28.9 Å². The zero-order valence-corrected chi connectivity index (χ0v) is 38.6. The van der Waals surface area contributed by atoms with Crippen LogP contribution in [0.4, 0.5) is 29.7 Å². The number of pyridine rings is 1. The fraction of sp³-hybridized carbons (Fsp3) is 0.511. The smallest absolute Gasteiger partial charge is 0.413 e. The molecule has 65 heavy (non-hydrogen) atoms. The molecule has 5 aromatic rings. The predicted octanol–water partition coefficient (Wildman–Crippen LogP) is 8.49. The van der Waals surface area contributed by atoms with Gasteiger partial charge in [0.1, 0.15) is 34.8 Å². The molecule has 3 aliphatic heterocycles. The van der Waals surface area contributed by atoms with E-state index in [-0.39, 0.29) is 53.5 Å². The van der Waals surface area contributed by atoms with Crippen molar-refractivity contribution in [1.29, 1.82) is 0 Å². The summed E-state index contributed by atoms with van der Waals surface area (Å²) in [5, 5.41) is 3.43. The van der Waals surface area contributed by atoms with Gasteiger partial charge in [0.2, 0.25) is 0 Å². The van der Waals surface area contributed by atoms with Crippen molar-refractivity contribution in [3.05, 3.63) is 66.1 Å². The zero-order chi connectivity index (χ0) is 45.7. The van der Waals surface area contributed by atoms with Gasteiger partial charge in [0.25, 0.3) is 0 Å². The Bertz CT molecular complexity index is 2570. The first-order chi connectivity index (χ1) is 31.0. The first kappa shape index (κ1) is 44.3. The number of benzene rings is 2. The number of ether oxygens (including phenoxy) is 4. The Hall–Kier alpha value is -5.88. The van der Waals surface area contributed by atoms with Crippen molar-refractivity contribution >= 4 is 61.7 Å². The largest absolute Gasteiger partial charge is 0.463 e. The highest BCUT2D eigenvalue weighted by Gasteiger charge is 2.47. The Labute approximate surface area is 381 Å². The number of nitrogens with one attached hydrogen (secondary N) is 1. The number of fused-ring (bicyclic) bond motifs is 4. The molecule has 3 saturated heterocycles. The number of hydrogen-bond acceptors (Lipinski definition) is 14. The van der Waals surface area contributed by atoms with Crippen LogP contribution in [0.15, 0.2) is 54.7 Å². The Kier molecular flexibility index (Phi) is 11.9. The van der Waals surface area contributed by atoms with Gasteiger partial charge in [-0.05, 0) is 78.9 Å². The molecule has 0 spiro atoms. The number of carbonyl (C=O) groups is 3. The number of amides is 3. The maximum atomic E-state index is 17.3. The first-order valence-electron chi connectivity index (χ1n) is 22.3.